The maximum atomic E-state index is 13.3. The predicted molar refractivity (Wildman–Crippen MR) is 109 cm³/mol. The summed E-state index contributed by atoms with van der Waals surface area (Å²) in [6, 6.07) is 14.4. The second-order valence-electron chi connectivity index (χ2n) is 7.29. The summed E-state index contributed by atoms with van der Waals surface area (Å²) in [6.07, 6.45) is 3.84. The van der Waals surface area contributed by atoms with Gasteiger partial charge in [0.25, 0.3) is 5.91 Å². The highest BCUT2D eigenvalue weighted by atomic mass is 19.1. The van der Waals surface area contributed by atoms with Gasteiger partial charge in [0, 0.05) is 17.4 Å². The summed E-state index contributed by atoms with van der Waals surface area (Å²) in [5.41, 5.74) is 0.763. The van der Waals surface area contributed by atoms with Gasteiger partial charge in [0.15, 0.2) is 0 Å². The lowest BCUT2D eigenvalue weighted by molar-refractivity contribution is -0.124. The Morgan fingerprint density at radius 2 is 1.67 bits per heavy atom. The van der Waals surface area contributed by atoms with E-state index in [-0.39, 0.29) is 17.3 Å². The first-order valence-electron chi connectivity index (χ1n) is 9.57. The third-order valence-corrected chi connectivity index (χ3v) is 5.39. The van der Waals surface area contributed by atoms with Crippen LogP contribution in [-0.2, 0) is 10.2 Å². The number of carbonyl (C=O) groups is 2. The van der Waals surface area contributed by atoms with Crippen molar-refractivity contribution in [2.45, 2.75) is 24.7 Å². The zero-order chi connectivity index (χ0) is 21.1. The van der Waals surface area contributed by atoms with Crippen molar-refractivity contribution in [3.05, 3.63) is 89.6 Å². The van der Waals surface area contributed by atoms with Gasteiger partial charge >= 0.3 is 0 Å². The van der Waals surface area contributed by atoms with Crippen LogP contribution >= 0.6 is 0 Å². The van der Waals surface area contributed by atoms with Crippen LogP contribution in [0.2, 0.25) is 0 Å². The number of halogens is 2. The van der Waals surface area contributed by atoms with Crippen molar-refractivity contribution in [3.63, 3.8) is 0 Å². The number of carbonyl (C=O) groups excluding carboxylic acids is 2. The Morgan fingerprint density at radius 1 is 0.900 bits per heavy atom. The van der Waals surface area contributed by atoms with E-state index in [9.17, 15) is 18.4 Å². The van der Waals surface area contributed by atoms with Crippen molar-refractivity contribution in [1.82, 2.24) is 4.98 Å². The highest BCUT2D eigenvalue weighted by Crippen LogP contribution is 2.44. The first-order chi connectivity index (χ1) is 14.5. The fraction of sp³-hybridized carbons (Fsp3) is 0.174. The van der Waals surface area contributed by atoms with Crippen molar-refractivity contribution < 1.29 is 18.4 Å². The molecule has 0 unspecified atom stereocenters. The fourth-order valence-electron chi connectivity index (χ4n) is 3.53. The standard InChI is InChI=1S/C23H19F2N3O2/c24-17-6-8-19(9-7-17)27-22(30)23(11-2-12-23)16-5-10-20(26-14-16)28-21(29)15-3-1-4-18(25)13-15/h1,3-10,13-14H,2,11-12H2,(H,27,30)(H,26,28,29). The van der Waals surface area contributed by atoms with Crippen LogP contribution in [0.4, 0.5) is 20.3 Å². The van der Waals surface area contributed by atoms with E-state index in [1.807, 2.05) is 0 Å². The van der Waals surface area contributed by atoms with Crippen LogP contribution in [0.15, 0.2) is 66.9 Å². The molecule has 0 bridgehead atoms. The average molecular weight is 407 g/mol. The SMILES string of the molecule is O=C(Nc1ccc(C2(C(=O)Nc3ccc(F)cc3)CCC2)cn1)c1cccc(F)c1. The van der Waals surface area contributed by atoms with Gasteiger partial charge < -0.3 is 10.6 Å². The Balaban J connectivity index is 1.48. The number of nitrogens with one attached hydrogen (secondary N) is 2. The summed E-state index contributed by atoms with van der Waals surface area (Å²) < 4.78 is 26.4. The van der Waals surface area contributed by atoms with E-state index >= 15 is 0 Å². The van der Waals surface area contributed by atoms with Gasteiger partial charge in [-0.2, -0.15) is 0 Å². The van der Waals surface area contributed by atoms with Crippen LogP contribution < -0.4 is 10.6 Å². The van der Waals surface area contributed by atoms with Gasteiger partial charge in [-0.15, -0.1) is 0 Å². The predicted octanol–water partition coefficient (Wildman–Crippen LogP) is 4.67. The lowest BCUT2D eigenvalue weighted by Crippen LogP contribution is -2.46. The van der Waals surface area contributed by atoms with Gasteiger partial charge in [-0.05, 0) is 66.9 Å². The topological polar surface area (TPSA) is 71.1 Å². The van der Waals surface area contributed by atoms with Crippen LogP contribution in [0.25, 0.3) is 0 Å². The second-order valence-corrected chi connectivity index (χ2v) is 7.29. The molecule has 0 spiro atoms. The van der Waals surface area contributed by atoms with Crippen LogP contribution in [0.1, 0.15) is 35.2 Å². The number of anilines is 2. The largest absolute Gasteiger partial charge is 0.325 e. The minimum Gasteiger partial charge on any atom is -0.325 e. The second kappa shape index (κ2) is 8.02. The number of rotatable bonds is 5. The zero-order valence-electron chi connectivity index (χ0n) is 16.0. The van der Waals surface area contributed by atoms with E-state index < -0.39 is 17.1 Å². The third-order valence-electron chi connectivity index (χ3n) is 5.39. The minimum absolute atomic E-state index is 0.168. The van der Waals surface area contributed by atoms with Crippen molar-refractivity contribution in [3.8, 4) is 0 Å². The number of nitrogens with zero attached hydrogens (tertiary/aromatic N) is 1. The van der Waals surface area contributed by atoms with E-state index in [4.69, 9.17) is 0 Å². The summed E-state index contributed by atoms with van der Waals surface area (Å²) in [7, 11) is 0. The van der Waals surface area contributed by atoms with Crippen LogP contribution in [0.3, 0.4) is 0 Å². The molecule has 30 heavy (non-hydrogen) atoms. The van der Waals surface area contributed by atoms with E-state index in [1.54, 1.807) is 18.3 Å². The molecule has 0 aliphatic heterocycles. The van der Waals surface area contributed by atoms with E-state index in [1.165, 1.54) is 42.5 Å². The molecular formula is C23H19F2N3O2. The van der Waals surface area contributed by atoms with Crippen LogP contribution in [0.5, 0.6) is 0 Å². The molecule has 1 aliphatic carbocycles. The minimum atomic E-state index is -0.702. The van der Waals surface area contributed by atoms with E-state index in [0.717, 1.165) is 18.1 Å². The molecule has 4 rings (SSSR count). The molecule has 1 aliphatic rings. The number of amides is 2. The quantitative estimate of drug-likeness (QED) is 0.646. The summed E-state index contributed by atoms with van der Waals surface area (Å²) in [4.78, 5) is 29.4. The smallest absolute Gasteiger partial charge is 0.256 e. The Bertz CT molecular complexity index is 1080. The maximum Gasteiger partial charge on any atom is 0.256 e. The first kappa shape index (κ1) is 19.7. The highest BCUT2D eigenvalue weighted by molar-refractivity contribution is 6.04. The van der Waals surface area contributed by atoms with Crippen molar-refractivity contribution in [2.24, 2.45) is 0 Å². The molecule has 0 atom stereocenters. The monoisotopic (exact) mass is 407 g/mol. The first-order valence-corrected chi connectivity index (χ1v) is 9.57. The molecule has 5 nitrogen and oxygen atoms in total. The molecule has 0 saturated heterocycles. The Kier molecular flexibility index (Phi) is 5.27. The van der Waals surface area contributed by atoms with Crippen LogP contribution in [0, 0.1) is 11.6 Å². The third kappa shape index (κ3) is 3.91. The number of benzene rings is 2. The summed E-state index contributed by atoms with van der Waals surface area (Å²) >= 11 is 0. The molecule has 2 N–H and O–H groups in total. The number of pyridine rings is 1. The van der Waals surface area contributed by atoms with E-state index in [2.05, 4.69) is 15.6 Å². The average Bonchev–Trinajstić information content (AvgIpc) is 2.70. The van der Waals surface area contributed by atoms with Gasteiger partial charge in [-0.1, -0.05) is 18.6 Å². The lowest BCUT2D eigenvalue weighted by Gasteiger charge is -2.40. The Morgan fingerprint density at radius 3 is 2.27 bits per heavy atom. The number of hydrogen-bond donors (Lipinski definition) is 2. The molecule has 3 aromatic rings. The molecule has 2 amide bonds. The van der Waals surface area contributed by atoms with Gasteiger partial charge in [0.05, 0.1) is 5.41 Å². The zero-order valence-corrected chi connectivity index (χ0v) is 16.0. The Hall–Kier alpha value is -3.61. The molecule has 2 aromatic carbocycles. The van der Waals surface area contributed by atoms with Crippen molar-refractivity contribution in [1.29, 1.82) is 0 Å². The number of aromatic nitrogens is 1. The summed E-state index contributed by atoms with van der Waals surface area (Å²) in [5, 5.41) is 5.47. The highest BCUT2D eigenvalue weighted by Gasteiger charge is 2.45. The Labute approximate surface area is 172 Å². The van der Waals surface area contributed by atoms with Crippen LogP contribution in [-0.4, -0.2) is 16.8 Å². The van der Waals surface area contributed by atoms with Gasteiger partial charge in [-0.3, -0.25) is 9.59 Å². The molecule has 152 valence electrons. The lowest BCUT2D eigenvalue weighted by atomic mass is 9.64. The van der Waals surface area contributed by atoms with Gasteiger partial charge in [-0.25, -0.2) is 13.8 Å². The van der Waals surface area contributed by atoms with Gasteiger partial charge in [0.1, 0.15) is 17.5 Å². The van der Waals surface area contributed by atoms with E-state index in [0.29, 0.717) is 24.3 Å². The van der Waals surface area contributed by atoms with Crippen molar-refractivity contribution in [2.75, 3.05) is 10.6 Å². The van der Waals surface area contributed by atoms with Crippen molar-refractivity contribution >= 4 is 23.3 Å². The molecule has 7 heteroatoms. The fourth-order valence-corrected chi connectivity index (χ4v) is 3.53. The molecular weight excluding hydrogens is 388 g/mol. The molecule has 1 fully saturated rings. The molecule has 1 saturated carbocycles. The maximum absolute atomic E-state index is 13.3. The molecule has 0 radical (unpaired) electrons. The normalized spacial score (nSPS) is 14.5. The number of hydrogen-bond acceptors (Lipinski definition) is 3. The summed E-state index contributed by atoms with van der Waals surface area (Å²) in [6.45, 7) is 0. The summed E-state index contributed by atoms with van der Waals surface area (Å²) in [5.74, 6) is -1.20. The molecule has 1 aromatic heterocycles. The van der Waals surface area contributed by atoms with Gasteiger partial charge in [0.2, 0.25) is 5.91 Å². The molecule has 1 heterocycles.